The number of carboxylic acid groups (broad SMARTS) is 1. The van der Waals surface area contributed by atoms with E-state index in [4.69, 9.17) is 11.5 Å². The standard InChI is InChI=1S/C11H16N2O3/c1-3-4-8(2)12-11(16)13-6-5-9(7-13)10(14)15/h1,8-9H,4-7H2,2H3,(H,12,16)(H,14,15). The lowest BCUT2D eigenvalue weighted by atomic mass is 10.1. The first-order valence-electron chi connectivity index (χ1n) is 5.26. The maximum Gasteiger partial charge on any atom is 0.317 e. The Bertz CT molecular complexity index is 322. The van der Waals surface area contributed by atoms with E-state index in [1.807, 2.05) is 6.92 Å². The Morgan fingerprint density at radius 1 is 1.69 bits per heavy atom. The lowest BCUT2D eigenvalue weighted by molar-refractivity contribution is -0.141. The first kappa shape index (κ1) is 12.4. The van der Waals surface area contributed by atoms with E-state index in [2.05, 4.69) is 11.2 Å². The van der Waals surface area contributed by atoms with Crippen molar-refractivity contribution in [1.82, 2.24) is 10.2 Å². The highest BCUT2D eigenvalue weighted by atomic mass is 16.4. The monoisotopic (exact) mass is 224 g/mol. The number of nitrogens with zero attached hydrogens (tertiary/aromatic N) is 1. The third kappa shape index (κ3) is 3.16. The predicted octanol–water partition coefficient (Wildman–Crippen LogP) is 0.514. The summed E-state index contributed by atoms with van der Waals surface area (Å²) in [6.07, 6.45) is 6.12. The van der Waals surface area contributed by atoms with Gasteiger partial charge in [0.05, 0.1) is 5.92 Å². The van der Waals surface area contributed by atoms with Gasteiger partial charge in [-0.15, -0.1) is 12.3 Å². The number of hydrogen-bond donors (Lipinski definition) is 2. The summed E-state index contributed by atoms with van der Waals surface area (Å²) in [6, 6.07) is -0.312. The molecule has 1 heterocycles. The van der Waals surface area contributed by atoms with Gasteiger partial charge in [-0.3, -0.25) is 4.79 Å². The Kier molecular flexibility index (Phi) is 4.18. The van der Waals surface area contributed by atoms with E-state index in [0.29, 0.717) is 19.4 Å². The molecule has 2 amide bonds. The number of aliphatic carboxylic acids is 1. The van der Waals surface area contributed by atoms with Crippen molar-refractivity contribution in [3.8, 4) is 12.3 Å². The number of carbonyl (C=O) groups is 2. The van der Waals surface area contributed by atoms with Gasteiger partial charge in [0.25, 0.3) is 0 Å². The molecule has 0 aromatic heterocycles. The second kappa shape index (κ2) is 5.40. The van der Waals surface area contributed by atoms with Crippen molar-refractivity contribution in [2.45, 2.75) is 25.8 Å². The molecule has 0 saturated carbocycles. The largest absolute Gasteiger partial charge is 0.481 e. The number of urea groups is 1. The van der Waals surface area contributed by atoms with Crippen LogP contribution in [-0.4, -0.2) is 41.1 Å². The van der Waals surface area contributed by atoms with E-state index >= 15 is 0 Å². The van der Waals surface area contributed by atoms with Crippen LogP contribution in [-0.2, 0) is 4.79 Å². The van der Waals surface area contributed by atoms with Gasteiger partial charge >= 0.3 is 12.0 Å². The van der Waals surface area contributed by atoms with Crippen LogP contribution in [0.25, 0.3) is 0 Å². The lowest BCUT2D eigenvalue weighted by Crippen LogP contribution is -2.42. The lowest BCUT2D eigenvalue weighted by Gasteiger charge is -2.19. The van der Waals surface area contributed by atoms with E-state index < -0.39 is 11.9 Å². The minimum Gasteiger partial charge on any atom is -0.481 e. The Hall–Kier alpha value is -1.70. The van der Waals surface area contributed by atoms with Crippen molar-refractivity contribution in [1.29, 1.82) is 0 Å². The number of nitrogens with one attached hydrogen (secondary N) is 1. The molecule has 88 valence electrons. The summed E-state index contributed by atoms with van der Waals surface area (Å²) in [6.45, 7) is 2.60. The molecule has 1 rings (SSSR count). The maximum absolute atomic E-state index is 11.7. The molecule has 2 atom stereocenters. The molecule has 0 aromatic carbocycles. The quantitative estimate of drug-likeness (QED) is 0.686. The Balaban J connectivity index is 2.40. The molecule has 16 heavy (non-hydrogen) atoms. The van der Waals surface area contributed by atoms with E-state index in [0.717, 1.165) is 0 Å². The van der Waals surface area contributed by atoms with Crippen LogP contribution in [0.3, 0.4) is 0 Å². The number of amides is 2. The molecule has 1 aliphatic rings. The molecule has 1 aliphatic heterocycles. The Labute approximate surface area is 94.8 Å². The first-order valence-corrected chi connectivity index (χ1v) is 5.26. The zero-order valence-corrected chi connectivity index (χ0v) is 9.27. The molecule has 1 saturated heterocycles. The molecule has 0 aromatic rings. The van der Waals surface area contributed by atoms with Crippen molar-refractivity contribution in [3.63, 3.8) is 0 Å². The molecule has 0 spiro atoms. The predicted molar refractivity (Wildman–Crippen MR) is 58.8 cm³/mol. The fraction of sp³-hybridized carbons (Fsp3) is 0.636. The van der Waals surface area contributed by atoms with Crippen LogP contribution < -0.4 is 5.32 Å². The summed E-state index contributed by atoms with van der Waals surface area (Å²) in [4.78, 5) is 23.9. The van der Waals surface area contributed by atoms with Crippen molar-refractivity contribution in [2.75, 3.05) is 13.1 Å². The van der Waals surface area contributed by atoms with Gasteiger partial charge in [0, 0.05) is 25.6 Å². The van der Waals surface area contributed by atoms with Crippen molar-refractivity contribution in [2.24, 2.45) is 5.92 Å². The number of carboxylic acids is 1. The van der Waals surface area contributed by atoms with Gasteiger partial charge in [-0.1, -0.05) is 0 Å². The highest BCUT2D eigenvalue weighted by molar-refractivity contribution is 5.77. The van der Waals surface area contributed by atoms with Gasteiger partial charge in [-0.2, -0.15) is 0 Å². The van der Waals surface area contributed by atoms with Gasteiger partial charge in [0.1, 0.15) is 0 Å². The zero-order valence-electron chi connectivity index (χ0n) is 9.27. The third-order valence-electron chi connectivity index (χ3n) is 2.62. The molecular formula is C11H16N2O3. The molecule has 2 N–H and O–H groups in total. The fourth-order valence-electron chi connectivity index (χ4n) is 1.68. The van der Waals surface area contributed by atoms with Crippen LogP contribution in [0, 0.1) is 18.3 Å². The molecular weight excluding hydrogens is 208 g/mol. The van der Waals surface area contributed by atoms with E-state index in [1.165, 1.54) is 4.90 Å². The average Bonchev–Trinajstić information content (AvgIpc) is 2.66. The Morgan fingerprint density at radius 3 is 2.88 bits per heavy atom. The van der Waals surface area contributed by atoms with Crippen LogP contribution in [0.5, 0.6) is 0 Å². The summed E-state index contributed by atoms with van der Waals surface area (Å²) in [5, 5.41) is 11.5. The number of terminal acetylenes is 1. The van der Waals surface area contributed by atoms with E-state index in [1.54, 1.807) is 0 Å². The van der Waals surface area contributed by atoms with E-state index in [9.17, 15) is 9.59 Å². The first-order chi connectivity index (χ1) is 7.54. The van der Waals surface area contributed by atoms with Gasteiger partial charge in [0.2, 0.25) is 0 Å². The molecule has 1 fully saturated rings. The maximum atomic E-state index is 11.7. The second-order valence-electron chi connectivity index (χ2n) is 4.03. The molecule has 5 nitrogen and oxygen atoms in total. The Morgan fingerprint density at radius 2 is 2.38 bits per heavy atom. The number of rotatable bonds is 3. The number of likely N-dealkylation sites (tertiary alicyclic amines) is 1. The zero-order chi connectivity index (χ0) is 12.1. The van der Waals surface area contributed by atoms with Gasteiger partial charge in [-0.05, 0) is 13.3 Å². The SMILES string of the molecule is C#CCC(C)NC(=O)N1CCC(C(=O)O)C1. The highest BCUT2D eigenvalue weighted by Gasteiger charge is 2.30. The number of carbonyl (C=O) groups excluding carboxylic acids is 1. The summed E-state index contributed by atoms with van der Waals surface area (Å²) in [5.41, 5.74) is 0. The van der Waals surface area contributed by atoms with Crippen LogP contribution in [0.1, 0.15) is 19.8 Å². The van der Waals surface area contributed by atoms with Crippen molar-refractivity contribution < 1.29 is 14.7 Å². The molecule has 2 unspecified atom stereocenters. The summed E-state index contributed by atoms with van der Waals surface area (Å²) in [7, 11) is 0. The highest BCUT2D eigenvalue weighted by Crippen LogP contribution is 2.16. The molecule has 0 bridgehead atoms. The second-order valence-corrected chi connectivity index (χ2v) is 4.03. The minimum absolute atomic E-state index is 0.0821. The van der Waals surface area contributed by atoms with Gasteiger partial charge < -0.3 is 15.3 Å². The smallest absolute Gasteiger partial charge is 0.317 e. The summed E-state index contributed by atoms with van der Waals surface area (Å²) >= 11 is 0. The fourth-order valence-corrected chi connectivity index (χ4v) is 1.68. The topological polar surface area (TPSA) is 69.6 Å². The summed E-state index contributed by atoms with van der Waals surface area (Å²) < 4.78 is 0. The summed E-state index contributed by atoms with van der Waals surface area (Å²) in [5.74, 6) is 1.19. The normalized spacial score (nSPS) is 21.2. The number of hydrogen-bond acceptors (Lipinski definition) is 2. The van der Waals surface area contributed by atoms with Crippen LogP contribution >= 0.6 is 0 Å². The van der Waals surface area contributed by atoms with Crippen molar-refractivity contribution in [3.05, 3.63) is 0 Å². The van der Waals surface area contributed by atoms with Crippen LogP contribution in [0.15, 0.2) is 0 Å². The van der Waals surface area contributed by atoms with Crippen LogP contribution in [0.4, 0.5) is 4.79 Å². The average molecular weight is 224 g/mol. The minimum atomic E-state index is -0.841. The van der Waals surface area contributed by atoms with Gasteiger partial charge in [0.15, 0.2) is 0 Å². The van der Waals surface area contributed by atoms with Crippen molar-refractivity contribution >= 4 is 12.0 Å². The molecule has 5 heteroatoms. The third-order valence-corrected chi connectivity index (χ3v) is 2.62. The van der Waals surface area contributed by atoms with Gasteiger partial charge in [-0.25, -0.2) is 4.79 Å². The molecule has 0 aliphatic carbocycles. The van der Waals surface area contributed by atoms with E-state index in [-0.39, 0.29) is 18.6 Å². The molecule has 0 radical (unpaired) electrons. The van der Waals surface area contributed by atoms with Crippen LogP contribution in [0.2, 0.25) is 0 Å².